The minimum atomic E-state index is 0.149. The van der Waals surface area contributed by atoms with E-state index < -0.39 is 0 Å². The molecule has 5 heteroatoms. The Hall–Kier alpha value is -0.490. The molecule has 1 aromatic rings. The molecule has 3 heterocycles. The lowest BCUT2D eigenvalue weighted by Gasteiger charge is -2.35. The van der Waals surface area contributed by atoms with Crippen LogP contribution in [0.15, 0.2) is 5.38 Å². The molecule has 0 spiro atoms. The molecule has 3 rings (SSSR count). The summed E-state index contributed by atoms with van der Waals surface area (Å²) in [5.74, 6) is 0. The van der Waals surface area contributed by atoms with E-state index in [0.717, 1.165) is 43.5 Å². The van der Waals surface area contributed by atoms with Crippen molar-refractivity contribution in [2.24, 2.45) is 0 Å². The highest BCUT2D eigenvalue weighted by Crippen LogP contribution is 2.26. The Bertz CT molecular complexity index is 404. The van der Waals surface area contributed by atoms with Gasteiger partial charge in [0, 0.05) is 37.3 Å². The Balaban J connectivity index is 1.55. The van der Waals surface area contributed by atoms with Gasteiger partial charge in [-0.15, -0.1) is 11.3 Å². The van der Waals surface area contributed by atoms with Gasteiger partial charge >= 0.3 is 0 Å². The van der Waals surface area contributed by atoms with Crippen LogP contribution in [0.1, 0.15) is 36.1 Å². The molecule has 19 heavy (non-hydrogen) atoms. The summed E-state index contributed by atoms with van der Waals surface area (Å²) in [7, 11) is 0. The monoisotopic (exact) mass is 282 g/mol. The summed E-state index contributed by atoms with van der Waals surface area (Å²) in [6.07, 6.45) is 4.31. The average molecular weight is 282 g/mol. The maximum Gasteiger partial charge on any atom is 0.123 e. The highest BCUT2D eigenvalue weighted by atomic mass is 32.1. The Labute approximate surface area is 118 Å². The Morgan fingerprint density at radius 3 is 3.05 bits per heavy atom. The third kappa shape index (κ3) is 3.54. The van der Waals surface area contributed by atoms with Gasteiger partial charge in [0.15, 0.2) is 0 Å². The van der Waals surface area contributed by atoms with Crippen LogP contribution in [0.25, 0.3) is 0 Å². The zero-order valence-corrected chi connectivity index (χ0v) is 12.3. The maximum absolute atomic E-state index is 5.86. The van der Waals surface area contributed by atoms with E-state index in [1.165, 1.54) is 19.3 Å². The number of ether oxygens (including phenoxy) is 2. The third-order valence-corrected chi connectivity index (χ3v) is 4.85. The SMILES string of the molecule is Cc1csc(C2CN(CC3CCCCO3)CCO2)n1. The summed E-state index contributed by atoms with van der Waals surface area (Å²) in [5.41, 5.74) is 1.09. The highest BCUT2D eigenvalue weighted by molar-refractivity contribution is 7.09. The minimum Gasteiger partial charge on any atom is -0.377 e. The van der Waals surface area contributed by atoms with Crippen LogP contribution in [0.2, 0.25) is 0 Å². The van der Waals surface area contributed by atoms with Crippen LogP contribution in [-0.4, -0.2) is 48.8 Å². The molecule has 2 unspecified atom stereocenters. The van der Waals surface area contributed by atoms with Gasteiger partial charge in [0.2, 0.25) is 0 Å². The summed E-state index contributed by atoms with van der Waals surface area (Å²) in [5, 5.41) is 3.22. The van der Waals surface area contributed by atoms with E-state index in [1.54, 1.807) is 11.3 Å². The standard InChI is InChI=1S/C14H22N2O2S/c1-11-10-19-14(15-11)13-9-16(5-7-18-13)8-12-4-2-3-6-17-12/h10,12-13H,2-9H2,1H3. The van der Waals surface area contributed by atoms with E-state index in [2.05, 4.69) is 15.3 Å². The van der Waals surface area contributed by atoms with E-state index in [1.807, 2.05) is 6.92 Å². The van der Waals surface area contributed by atoms with Crippen molar-refractivity contribution < 1.29 is 9.47 Å². The van der Waals surface area contributed by atoms with Crippen molar-refractivity contribution in [1.29, 1.82) is 0 Å². The average Bonchev–Trinajstić information content (AvgIpc) is 2.87. The molecule has 0 radical (unpaired) electrons. The van der Waals surface area contributed by atoms with Gasteiger partial charge in [-0.25, -0.2) is 4.98 Å². The largest absolute Gasteiger partial charge is 0.377 e. The molecular weight excluding hydrogens is 260 g/mol. The molecule has 2 saturated heterocycles. The minimum absolute atomic E-state index is 0.149. The number of aryl methyl sites for hydroxylation is 1. The van der Waals surface area contributed by atoms with E-state index in [-0.39, 0.29) is 6.10 Å². The van der Waals surface area contributed by atoms with E-state index in [9.17, 15) is 0 Å². The number of hydrogen-bond acceptors (Lipinski definition) is 5. The van der Waals surface area contributed by atoms with Crippen LogP contribution in [0.4, 0.5) is 0 Å². The molecule has 0 bridgehead atoms. The fourth-order valence-electron chi connectivity index (χ4n) is 2.78. The van der Waals surface area contributed by atoms with Crippen molar-refractivity contribution in [3.05, 3.63) is 16.1 Å². The van der Waals surface area contributed by atoms with E-state index >= 15 is 0 Å². The normalized spacial score (nSPS) is 29.5. The number of hydrogen-bond donors (Lipinski definition) is 0. The van der Waals surface area contributed by atoms with Crippen LogP contribution in [-0.2, 0) is 9.47 Å². The summed E-state index contributed by atoms with van der Waals surface area (Å²) in [6.45, 7) is 6.79. The fourth-order valence-corrected chi connectivity index (χ4v) is 3.61. The smallest absolute Gasteiger partial charge is 0.123 e. The van der Waals surface area contributed by atoms with E-state index in [4.69, 9.17) is 9.47 Å². The number of morpholine rings is 1. The molecule has 1 aromatic heterocycles. The van der Waals surface area contributed by atoms with Gasteiger partial charge < -0.3 is 9.47 Å². The summed E-state index contributed by atoms with van der Waals surface area (Å²) in [4.78, 5) is 7.02. The van der Waals surface area contributed by atoms with Crippen LogP contribution in [0, 0.1) is 6.92 Å². The summed E-state index contributed by atoms with van der Waals surface area (Å²) >= 11 is 1.71. The first-order chi connectivity index (χ1) is 9.31. The van der Waals surface area contributed by atoms with Crippen molar-refractivity contribution in [1.82, 2.24) is 9.88 Å². The van der Waals surface area contributed by atoms with Gasteiger partial charge in [0.1, 0.15) is 11.1 Å². The molecule has 4 nitrogen and oxygen atoms in total. The summed E-state index contributed by atoms with van der Waals surface area (Å²) < 4.78 is 11.7. The van der Waals surface area contributed by atoms with E-state index in [0.29, 0.717) is 6.10 Å². The Kier molecular flexibility index (Phi) is 4.48. The predicted molar refractivity (Wildman–Crippen MR) is 75.6 cm³/mol. The first-order valence-corrected chi connectivity index (χ1v) is 8.07. The zero-order chi connectivity index (χ0) is 13.1. The van der Waals surface area contributed by atoms with Crippen LogP contribution in [0.3, 0.4) is 0 Å². The molecule has 0 saturated carbocycles. The second-order valence-electron chi connectivity index (χ2n) is 5.43. The molecule has 2 aliphatic rings. The van der Waals surface area contributed by atoms with Crippen LogP contribution >= 0.6 is 11.3 Å². The highest BCUT2D eigenvalue weighted by Gasteiger charge is 2.26. The molecule has 106 valence electrons. The first-order valence-electron chi connectivity index (χ1n) is 7.19. The van der Waals surface area contributed by atoms with Crippen molar-refractivity contribution in [3.8, 4) is 0 Å². The van der Waals surface area contributed by atoms with Crippen molar-refractivity contribution in [2.45, 2.75) is 38.4 Å². The number of aromatic nitrogens is 1. The van der Waals surface area contributed by atoms with Gasteiger partial charge in [-0.05, 0) is 26.2 Å². The second kappa shape index (κ2) is 6.31. The van der Waals surface area contributed by atoms with Crippen molar-refractivity contribution >= 4 is 11.3 Å². The Morgan fingerprint density at radius 2 is 2.32 bits per heavy atom. The second-order valence-corrected chi connectivity index (χ2v) is 6.32. The van der Waals surface area contributed by atoms with Gasteiger partial charge in [-0.2, -0.15) is 0 Å². The van der Waals surface area contributed by atoms with Crippen molar-refractivity contribution in [3.63, 3.8) is 0 Å². The quantitative estimate of drug-likeness (QED) is 0.852. The lowest BCUT2D eigenvalue weighted by Crippen LogP contribution is -2.43. The van der Waals surface area contributed by atoms with Crippen LogP contribution < -0.4 is 0 Å². The Morgan fingerprint density at radius 1 is 1.37 bits per heavy atom. The van der Waals surface area contributed by atoms with Gasteiger partial charge in [0.25, 0.3) is 0 Å². The van der Waals surface area contributed by atoms with Gasteiger partial charge in [-0.1, -0.05) is 0 Å². The van der Waals surface area contributed by atoms with Gasteiger partial charge in [0.05, 0.1) is 12.7 Å². The number of rotatable bonds is 3. The molecule has 0 amide bonds. The lowest BCUT2D eigenvalue weighted by atomic mass is 10.1. The molecule has 2 aliphatic heterocycles. The topological polar surface area (TPSA) is 34.6 Å². The molecule has 0 aliphatic carbocycles. The maximum atomic E-state index is 5.86. The zero-order valence-electron chi connectivity index (χ0n) is 11.5. The van der Waals surface area contributed by atoms with Crippen molar-refractivity contribution in [2.75, 3.05) is 32.8 Å². The third-order valence-electron chi connectivity index (χ3n) is 3.80. The fraction of sp³-hybridized carbons (Fsp3) is 0.786. The lowest BCUT2D eigenvalue weighted by molar-refractivity contribution is -0.0611. The molecule has 0 aromatic carbocycles. The number of nitrogens with zero attached hydrogens (tertiary/aromatic N) is 2. The predicted octanol–water partition coefficient (Wildman–Crippen LogP) is 2.39. The first kappa shape index (κ1) is 13.5. The summed E-state index contributed by atoms with van der Waals surface area (Å²) in [6, 6.07) is 0. The molecule has 2 fully saturated rings. The van der Waals surface area contributed by atoms with Crippen LogP contribution in [0.5, 0.6) is 0 Å². The molecular formula is C14H22N2O2S. The molecule has 0 N–H and O–H groups in total. The molecule has 2 atom stereocenters. The number of thiazole rings is 1. The van der Waals surface area contributed by atoms with Gasteiger partial charge in [-0.3, -0.25) is 4.90 Å².